The lowest BCUT2D eigenvalue weighted by Crippen LogP contribution is -2.76. The van der Waals surface area contributed by atoms with Gasteiger partial charge in [-0.25, -0.2) is 18.0 Å². The number of sulfone groups is 1. The number of benzene rings is 1. The maximum atomic E-state index is 14.4. The first kappa shape index (κ1) is 27.2. The first-order chi connectivity index (χ1) is 17.3. The third-order valence-electron chi connectivity index (χ3n) is 7.63. The molecule has 2 unspecified atom stereocenters. The highest BCUT2D eigenvalue weighted by Gasteiger charge is 2.73. The Morgan fingerprint density at radius 3 is 2.03 bits per heavy atom. The maximum absolute atomic E-state index is 14.4. The Kier molecular flexibility index (Phi) is 6.75. The van der Waals surface area contributed by atoms with E-state index in [1.54, 1.807) is 45.4 Å². The van der Waals surface area contributed by atoms with Crippen LogP contribution in [-0.4, -0.2) is 43.4 Å². The highest BCUT2D eigenvalue weighted by Crippen LogP contribution is 2.51. The number of carbonyl (C=O) groups is 2. The Morgan fingerprint density at radius 2 is 1.57 bits per heavy atom. The number of amides is 3. The number of rotatable bonds is 6. The zero-order valence-electron chi connectivity index (χ0n) is 20.8. The van der Waals surface area contributed by atoms with E-state index in [0.29, 0.717) is 18.4 Å². The van der Waals surface area contributed by atoms with Crippen molar-refractivity contribution < 1.29 is 31.2 Å². The number of imide groups is 1. The van der Waals surface area contributed by atoms with E-state index < -0.39 is 47.9 Å². The molecule has 1 aromatic heterocycles. The first-order valence-corrected chi connectivity index (χ1v) is 13.5. The highest BCUT2D eigenvalue weighted by atomic mass is 32.2. The van der Waals surface area contributed by atoms with E-state index in [1.165, 1.54) is 0 Å². The zero-order valence-corrected chi connectivity index (χ0v) is 21.6. The van der Waals surface area contributed by atoms with Crippen LogP contribution in [0.15, 0.2) is 53.7 Å². The van der Waals surface area contributed by atoms with Crippen LogP contribution in [-0.2, 0) is 20.3 Å². The monoisotopic (exact) mass is 539 g/mol. The Balaban J connectivity index is 2.06. The number of nitrogens with one attached hydrogen (secondary N) is 2. The van der Waals surface area contributed by atoms with Crippen molar-refractivity contribution in [3.8, 4) is 0 Å². The van der Waals surface area contributed by atoms with E-state index in [1.807, 2.05) is 0 Å². The van der Waals surface area contributed by atoms with Crippen molar-refractivity contribution >= 4 is 27.5 Å². The predicted octanol–water partition coefficient (Wildman–Crippen LogP) is 4.36. The fraction of sp³-hybridized carbons (Fsp3) is 0.480. The molecule has 1 aromatic carbocycles. The number of aromatic nitrogens is 1. The molecular weight excluding hydrogens is 509 g/mol. The van der Waals surface area contributed by atoms with Gasteiger partial charge >= 0.3 is 17.4 Å². The van der Waals surface area contributed by atoms with Gasteiger partial charge in [-0.2, -0.15) is 13.2 Å². The lowest BCUT2D eigenvalue weighted by atomic mass is 9.73. The first-order valence-electron chi connectivity index (χ1n) is 12.0. The third-order valence-corrected chi connectivity index (χ3v) is 9.13. The number of urea groups is 1. The van der Waals surface area contributed by atoms with Crippen LogP contribution in [0.1, 0.15) is 51.5 Å². The molecule has 0 spiro atoms. The summed E-state index contributed by atoms with van der Waals surface area (Å²) < 4.78 is 62.8. The minimum atomic E-state index is -5.62. The van der Waals surface area contributed by atoms with Crippen LogP contribution in [0.4, 0.5) is 23.7 Å². The van der Waals surface area contributed by atoms with Crippen molar-refractivity contribution in [2.24, 2.45) is 5.92 Å². The van der Waals surface area contributed by atoms with Gasteiger partial charge in [0, 0.05) is 36.0 Å². The molecule has 2 atom stereocenters. The number of pyridine rings is 1. The second kappa shape index (κ2) is 9.17. The summed E-state index contributed by atoms with van der Waals surface area (Å²) in [4.78, 5) is 31.6. The average molecular weight is 540 g/mol. The van der Waals surface area contributed by atoms with Crippen LogP contribution in [0.2, 0.25) is 0 Å². The van der Waals surface area contributed by atoms with Crippen LogP contribution in [0.3, 0.4) is 0 Å². The number of alkyl halides is 3. The van der Waals surface area contributed by atoms with Gasteiger partial charge in [-0.15, -0.1) is 4.48 Å². The van der Waals surface area contributed by atoms with Crippen molar-refractivity contribution in [1.29, 1.82) is 0 Å². The molecule has 1 aliphatic carbocycles. The third kappa shape index (κ3) is 3.88. The molecule has 2 fully saturated rings. The lowest BCUT2D eigenvalue weighted by molar-refractivity contribution is -0.138. The van der Waals surface area contributed by atoms with Gasteiger partial charge in [0.25, 0.3) is 9.84 Å². The summed E-state index contributed by atoms with van der Waals surface area (Å²) in [5.41, 5.74) is -7.46. The van der Waals surface area contributed by atoms with Crippen molar-refractivity contribution in [2.45, 2.75) is 67.6 Å². The Morgan fingerprint density at radius 1 is 1.00 bits per heavy atom. The fourth-order valence-corrected chi connectivity index (χ4v) is 6.76. The van der Waals surface area contributed by atoms with Crippen molar-refractivity contribution in [3.05, 3.63) is 54.4 Å². The van der Waals surface area contributed by atoms with Gasteiger partial charge in [-0.05, 0) is 58.0 Å². The molecule has 2 aliphatic rings. The second-order valence-corrected chi connectivity index (χ2v) is 12.0. The Hall–Kier alpha value is -2.83. The van der Waals surface area contributed by atoms with Crippen molar-refractivity contribution in [1.82, 2.24) is 20.1 Å². The smallest absolute Gasteiger partial charge is 0.286 e. The highest BCUT2D eigenvalue weighted by molar-refractivity contribution is 7.92. The molecule has 37 heavy (non-hydrogen) atoms. The predicted molar refractivity (Wildman–Crippen MR) is 131 cm³/mol. The summed E-state index contributed by atoms with van der Waals surface area (Å²) in [6.07, 6.45) is 7.27. The number of hydrogen-bond donors (Lipinski definition) is 2. The van der Waals surface area contributed by atoms with Gasteiger partial charge in [0.05, 0.1) is 4.90 Å². The molecule has 4 rings (SSSR count). The van der Waals surface area contributed by atoms with E-state index in [-0.39, 0.29) is 11.6 Å². The van der Waals surface area contributed by atoms with Crippen molar-refractivity contribution in [3.63, 3.8) is 0 Å². The molecule has 8 nitrogen and oxygen atoms in total. The molecule has 0 bridgehead atoms. The standard InChI is InChI=1S/C25H29F3N4O4S/c1-23(2)21(33)32(22(34)31-23,19-9-11-20(12-10-19)37(35,36)25(26,27)28)24(29-3,17-7-5-4-6-8-17)18-13-15-30-16-14-18/h9-17,29H,4-8H2,1-3H3/p+1. The zero-order chi connectivity index (χ0) is 27.3. The van der Waals surface area contributed by atoms with Gasteiger partial charge in [0.1, 0.15) is 0 Å². The number of hydrogen-bond acceptors (Lipinski definition) is 6. The van der Waals surface area contributed by atoms with E-state index in [9.17, 15) is 31.2 Å². The minimum absolute atomic E-state index is 0.0611. The van der Waals surface area contributed by atoms with Crippen LogP contribution in [0, 0.1) is 5.92 Å². The van der Waals surface area contributed by atoms with Gasteiger partial charge in [-0.3, -0.25) is 15.6 Å². The van der Waals surface area contributed by atoms with Gasteiger partial charge in [-0.1, -0.05) is 19.3 Å². The second-order valence-electron chi connectivity index (χ2n) is 10.1. The average Bonchev–Trinajstić information content (AvgIpc) is 3.05. The molecular formula is C25H30F3N4O4S+. The van der Waals surface area contributed by atoms with Crippen LogP contribution in [0.5, 0.6) is 0 Å². The quantitative estimate of drug-likeness (QED) is 0.418. The number of halogens is 3. The number of carbonyl (C=O) groups excluding carboxylic acids is 2. The summed E-state index contributed by atoms with van der Waals surface area (Å²) in [6.45, 7) is 3.15. The van der Waals surface area contributed by atoms with E-state index >= 15 is 0 Å². The normalized spacial score (nSPS) is 24.5. The topological polar surface area (TPSA) is 105 Å². The van der Waals surface area contributed by atoms with E-state index in [0.717, 1.165) is 43.5 Å². The molecule has 2 aromatic rings. The summed E-state index contributed by atoms with van der Waals surface area (Å²) >= 11 is 0. The van der Waals surface area contributed by atoms with E-state index in [4.69, 9.17) is 0 Å². The molecule has 2 N–H and O–H groups in total. The minimum Gasteiger partial charge on any atom is -0.286 e. The number of quaternary nitrogens is 1. The molecule has 1 saturated heterocycles. The largest absolute Gasteiger partial charge is 0.501 e. The fourth-order valence-electron chi connectivity index (χ4n) is 6.00. The van der Waals surface area contributed by atoms with Gasteiger partial charge < -0.3 is 0 Å². The molecule has 12 heteroatoms. The molecule has 1 aliphatic heterocycles. The van der Waals surface area contributed by atoms with Gasteiger partial charge in [0.15, 0.2) is 11.2 Å². The molecule has 2 heterocycles. The van der Waals surface area contributed by atoms with Gasteiger partial charge in [0.2, 0.25) is 5.66 Å². The Bertz CT molecular complexity index is 1290. The number of nitrogens with zero attached hydrogens (tertiary/aromatic N) is 2. The lowest BCUT2D eigenvalue weighted by Gasteiger charge is -2.51. The SMILES string of the molecule is CNC(c1ccncc1)(C1CCCCC1)[N+]1(c2ccc(S(=O)(=O)C(F)(F)F)cc2)C(=O)NC(C)(C)C1=O. The van der Waals surface area contributed by atoms with Crippen LogP contribution >= 0.6 is 0 Å². The van der Waals surface area contributed by atoms with Crippen LogP contribution < -0.4 is 15.1 Å². The summed E-state index contributed by atoms with van der Waals surface area (Å²) in [5.74, 6) is -0.725. The summed E-state index contributed by atoms with van der Waals surface area (Å²) in [5, 5.41) is 6.09. The van der Waals surface area contributed by atoms with Crippen LogP contribution in [0.25, 0.3) is 0 Å². The summed E-state index contributed by atoms with van der Waals surface area (Å²) in [6, 6.07) is 6.66. The maximum Gasteiger partial charge on any atom is 0.501 e. The molecule has 3 amide bonds. The summed E-state index contributed by atoms with van der Waals surface area (Å²) in [7, 11) is -3.96. The van der Waals surface area contributed by atoms with Crippen molar-refractivity contribution in [2.75, 3.05) is 7.05 Å². The van der Waals surface area contributed by atoms with E-state index in [2.05, 4.69) is 15.6 Å². The Labute approximate surface area is 213 Å². The molecule has 1 saturated carbocycles. The molecule has 0 radical (unpaired) electrons. The molecule has 200 valence electrons.